The molecule has 1 aromatic carbocycles. The van der Waals surface area contributed by atoms with Crippen molar-refractivity contribution in [1.82, 2.24) is 25.8 Å². The quantitative estimate of drug-likeness (QED) is 0.645. The lowest BCUT2D eigenvalue weighted by molar-refractivity contribution is 0.0927. The van der Waals surface area contributed by atoms with Gasteiger partial charge in [0.25, 0.3) is 11.8 Å². The van der Waals surface area contributed by atoms with Crippen LogP contribution in [0.15, 0.2) is 55.0 Å². The zero-order valence-corrected chi connectivity index (χ0v) is 15.8. The first kappa shape index (κ1) is 19.2. The van der Waals surface area contributed by atoms with Crippen molar-refractivity contribution >= 4 is 11.8 Å². The van der Waals surface area contributed by atoms with Crippen LogP contribution in [0.1, 0.15) is 31.8 Å². The summed E-state index contributed by atoms with van der Waals surface area (Å²) in [6, 6.07) is 10.5. The highest BCUT2D eigenvalue weighted by molar-refractivity contribution is 5.96. The molecule has 0 fully saturated rings. The number of nitrogens with zero attached hydrogens (tertiary/aromatic N) is 3. The highest BCUT2D eigenvalue weighted by Gasteiger charge is 2.11. The minimum atomic E-state index is -0.210. The SMILES string of the molecule is Cc1cnnc(-c2cccc(C(=O)NCCNC(=O)c3ccncc3)c2)c1C. The number of rotatable bonds is 6. The Hall–Kier alpha value is -3.61. The van der Waals surface area contributed by atoms with Crippen molar-refractivity contribution in [3.63, 3.8) is 0 Å². The summed E-state index contributed by atoms with van der Waals surface area (Å²) in [5.41, 5.74) is 4.74. The molecule has 0 spiro atoms. The summed E-state index contributed by atoms with van der Waals surface area (Å²) in [5.74, 6) is -0.412. The summed E-state index contributed by atoms with van der Waals surface area (Å²) in [6.45, 7) is 4.61. The zero-order chi connectivity index (χ0) is 19.9. The van der Waals surface area contributed by atoms with E-state index in [-0.39, 0.29) is 11.8 Å². The molecule has 28 heavy (non-hydrogen) atoms. The van der Waals surface area contributed by atoms with Crippen molar-refractivity contribution in [3.8, 4) is 11.3 Å². The van der Waals surface area contributed by atoms with Crippen LogP contribution in [0.25, 0.3) is 11.3 Å². The van der Waals surface area contributed by atoms with E-state index in [4.69, 9.17) is 0 Å². The van der Waals surface area contributed by atoms with Crippen molar-refractivity contribution in [1.29, 1.82) is 0 Å². The van der Waals surface area contributed by atoms with Crippen LogP contribution in [0.3, 0.4) is 0 Å². The van der Waals surface area contributed by atoms with Crippen LogP contribution in [-0.2, 0) is 0 Å². The average molecular weight is 375 g/mol. The molecule has 0 saturated heterocycles. The normalized spacial score (nSPS) is 10.4. The number of aromatic nitrogens is 3. The molecule has 2 amide bonds. The van der Waals surface area contributed by atoms with E-state index in [0.717, 1.165) is 22.4 Å². The zero-order valence-electron chi connectivity index (χ0n) is 15.8. The second kappa shape index (κ2) is 8.85. The van der Waals surface area contributed by atoms with E-state index in [1.54, 1.807) is 42.9 Å². The molecule has 7 nitrogen and oxygen atoms in total. The Bertz CT molecular complexity index is 989. The van der Waals surface area contributed by atoms with E-state index < -0.39 is 0 Å². The number of carbonyl (C=O) groups is 2. The molecule has 0 aliphatic carbocycles. The van der Waals surface area contributed by atoms with Gasteiger partial charge in [0, 0.05) is 42.2 Å². The van der Waals surface area contributed by atoms with Gasteiger partial charge in [0.1, 0.15) is 0 Å². The van der Waals surface area contributed by atoms with Crippen LogP contribution >= 0.6 is 0 Å². The first-order valence-corrected chi connectivity index (χ1v) is 8.92. The van der Waals surface area contributed by atoms with Crippen molar-refractivity contribution in [2.45, 2.75) is 13.8 Å². The number of nitrogens with one attached hydrogen (secondary N) is 2. The van der Waals surface area contributed by atoms with Crippen LogP contribution < -0.4 is 10.6 Å². The van der Waals surface area contributed by atoms with E-state index in [1.165, 1.54) is 0 Å². The predicted octanol–water partition coefficient (Wildman–Crippen LogP) is 2.32. The third kappa shape index (κ3) is 4.56. The smallest absolute Gasteiger partial charge is 0.251 e. The van der Waals surface area contributed by atoms with Crippen LogP contribution in [0.4, 0.5) is 0 Å². The number of hydrogen-bond acceptors (Lipinski definition) is 5. The molecule has 2 N–H and O–H groups in total. The van der Waals surface area contributed by atoms with Gasteiger partial charge in [0.05, 0.1) is 11.9 Å². The molecule has 0 radical (unpaired) electrons. The standard InChI is InChI=1S/C21H21N5O2/c1-14-13-25-26-19(15(14)2)17-4-3-5-18(12-17)21(28)24-11-10-23-20(27)16-6-8-22-9-7-16/h3-9,12-13H,10-11H2,1-2H3,(H,23,27)(H,24,28). The van der Waals surface area contributed by atoms with Crippen molar-refractivity contribution < 1.29 is 9.59 Å². The molecule has 0 saturated carbocycles. The van der Waals surface area contributed by atoms with Gasteiger partial charge in [-0.25, -0.2) is 0 Å². The van der Waals surface area contributed by atoms with Gasteiger partial charge in [0.2, 0.25) is 0 Å². The molecule has 2 aromatic heterocycles. The van der Waals surface area contributed by atoms with Crippen molar-refractivity contribution in [3.05, 3.63) is 77.2 Å². The van der Waals surface area contributed by atoms with E-state index >= 15 is 0 Å². The van der Waals surface area contributed by atoms with Gasteiger partial charge in [0.15, 0.2) is 0 Å². The molecule has 3 rings (SSSR count). The van der Waals surface area contributed by atoms with Crippen LogP contribution in [0, 0.1) is 13.8 Å². The molecular formula is C21H21N5O2. The number of benzene rings is 1. The Kier molecular flexibility index (Phi) is 6.06. The third-order valence-corrected chi connectivity index (χ3v) is 4.39. The van der Waals surface area contributed by atoms with Crippen molar-refractivity contribution in [2.75, 3.05) is 13.1 Å². The molecule has 142 valence electrons. The number of carbonyl (C=O) groups excluding carboxylic acids is 2. The van der Waals surface area contributed by atoms with Crippen LogP contribution in [-0.4, -0.2) is 40.1 Å². The summed E-state index contributed by atoms with van der Waals surface area (Å²) < 4.78 is 0. The lowest BCUT2D eigenvalue weighted by atomic mass is 10.0. The largest absolute Gasteiger partial charge is 0.350 e. The number of aryl methyl sites for hydroxylation is 1. The van der Waals surface area contributed by atoms with E-state index in [9.17, 15) is 9.59 Å². The van der Waals surface area contributed by atoms with Gasteiger partial charge >= 0.3 is 0 Å². The molecule has 7 heteroatoms. The average Bonchev–Trinajstić information content (AvgIpc) is 2.73. The summed E-state index contributed by atoms with van der Waals surface area (Å²) in [6.07, 6.45) is 4.84. The van der Waals surface area contributed by atoms with Crippen LogP contribution in [0.5, 0.6) is 0 Å². The minimum Gasteiger partial charge on any atom is -0.350 e. The van der Waals surface area contributed by atoms with Gasteiger partial charge in [-0.05, 0) is 49.2 Å². The Labute approximate surface area is 163 Å². The lowest BCUT2D eigenvalue weighted by Gasteiger charge is -2.10. The molecule has 0 bridgehead atoms. The Morgan fingerprint density at radius 1 is 0.929 bits per heavy atom. The first-order valence-electron chi connectivity index (χ1n) is 8.92. The number of amides is 2. The Morgan fingerprint density at radius 3 is 2.32 bits per heavy atom. The third-order valence-electron chi connectivity index (χ3n) is 4.39. The fourth-order valence-corrected chi connectivity index (χ4v) is 2.67. The van der Waals surface area contributed by atoms with Gasteiger partial charge in [-0.15, -0.1) is 0 Å². The monoisotopic (exact) mass is 375 g/mol. The van der Waals surface area contributed by atoms with Gasteiger partial charge in [-0.3, -0.25) is 14.6 Å². The second-order valence-electron chi connectivity index (χ2n) is 6.33. The van der Waals surface area contributed by atoms with Gasteiger partial charge in [-0.1, -0.05) is 12.1 Å². The topological polar surface area (TPSA) is 96.9 Å². The Balaban J connectivity index is 1.58. The maximum Gasteiger partial charge on any atom is 0.251 e. The molecule has 2 heterocycles. The van der Waals surface area contributed by atoms with Gasteiger partial charge in [-0.2, -0.15) is 10.2 Å². The highest BCUT2D eigenvalue weighted by Crippen LogP contribution is 2.23. The molecule has 0 aliphatic heterocycles. The maximum absolute atomic E-state index is 12.4. The second-order valence-corrected chi connectivity index (χ2v) is 6.33. The fourth-order valence-electron chi connectivity index (χ4n) is 2.67. The summed E-state index contributed by atoms with van der Waals surface area (Å²) in [4.78, 5) is 28.3. The molecular weight excluding hydrogens is 354 g/mol. The predicted molar refractivity (Wildman–Crippen MR) is 106 cm³/mol. The molecule has 0 unspecified atom stereocenters. The maximum atomic E-state index is 12.4. The number of pyridine rings is 1. The number of hydrogen-bond donors (Lipinski definition) is 2. The fraction of sp³-hybridized carbons (Fsp3) is 0.190. The summed E-state index contributed by atoms with van der Waals surface area (Å²) >= 11 is 0. The van der Waals surface area contributed by atoms with E-state index in [2.05, 4.69) is 25.8 Å². The highest BCUT2D eigenvalue weighted by atomic mass is 16.2. The van der Waals surface area contributed by atoms with Gasteiger partial charge < -0.3 is 10.6 Å². The van der Waals surface area contributed by atoms with E-state index in [1.807, 2.05) is 26.0 Å². The summed E-state index contributed by atoms with van der Waals surface area (Å²) in [7, 11) is 0. The minimum absolute atomic E-state index is 0.202. The molecule has 0 atom stereocenters. The van der Waals surface area contributed by atoms with E-state index in [0.29, 0.717) is 24.2 Å². The lowest BCUT2D eigenvalue weighted by Crippen LogP contribution is -2.34. The summed E-state index contributed by atoms with van der Waals surface area (Å²) in [5, 5.41) is 13.8. The van der Waals surface area contributed by atoms with Crippen LogP contribution in [0.2, 0.25) is 0 Å². The first-order chi connectivity index (χ1) is 13.6. The van der Waals surface area contributed by atoms with Crippen molar-refractivity contribution in [2.24, 2.45) is 0 Å². The molecule has 0 aliphatic rings. The Morgan fingerprint density at radius 2 is 1.61 bits per heavy atom. The molecule has 3 aromatic rings.